The molecule has 2 aromatic heterocycles. The number of anilines is 1. The Morgan fingerprint density at radius 1 is 1.24 bits per heavy atom. The van der Waals surface area contributed by atoms with Crippen molar-refractivity contribution in [1.82, 2.24) is 19.4 Å². The van der Waals surface area contributed by atoms with E-state index in [1.807, 2.05) is 59.8 Å². The third-order valence-electron chi connectivity index (χ3n) is 4.81. The van der Waals surface area contributed by atoms with E-state index in [-0.39, 0.29) is 11.9 Å². The Hall–Kier alpha value is -2.89. The molecule has 0 unspecified atom stereocenters. The summed E-state index contributed by atoms with van der Waals surface area (Å²) < 4.78 is 2.04. The van der Waals surface area contributed by atoms with Crippen LogP contribution in [0, 0.1) is 6.92 Å². The largest absolute Gasteiger partial charge is 0.324 e. The number of carbonyl (C=O) groups is 1. The lowest BCUT2D eigenvalue weighted by molar-refractivity contribution is 0.222. The number of fused-ring (bicyclic) bond motifs is 1. The molecule has 0 saturated carbocycles. The average Bonchev–Trinajstić information content (AvgIpc) is 3.22. The number of amides is 2. The van der Waals surface area contributed by atoms with Gasteiger partial charge in [0.1, 0.15) is 11.3 Å². The Balaban J connectivity index is 1.47. The molecule has 1 saturated heterocycles. The number of aryl methyl sites for hydroxylation is 2. The number of likely N-dealkylation sites (tertiary alicyclic amines) is 1. The number of hydrogen-bond donors (Lipinski definition) is 1. The fourth-order valence-electron chi connectivity index (χ4n) is 3.40. The number of aromatic nitrogens is 3. The number of imidazole rings is 1. The SMILES string of the molecule is Cc1ccc(NC(=O)N2CC[C@H](c3nc4cccnc4n3C)C2)cc1. The molecule has 1 aromatic carbocycles. The molecule has 1 N–H and O–H groups in total. The van der Waals surface area contributed by atoms with Gasteiger partial charge in [0.2, 0.25) is 0 Å². The molecule has 3 aromatic rings. The molecule has 1 atom stereocenters. The van der Waals surface area contributed by atoms with Gasteiger partial charge in [0.05, 0.1) is 0 Å². The summed E-state index contributed by atoms with van der Waals surface area (Å²) in [6, 6.07) is 11.7. The lowest BCUT2D eigenvalue weighted by Crippen LogP contribution is -2.32. The van der Waals surface area contributed by atoms with Gasteiger partial charge >= 0.3 is 6.03 Å². The lowest BCUT2D eigenvalue weighted by Gasteiger charge is -2.17. The number of urea groups is 1. The maximum absolute atomic E-state index is 12.5. The first-order chi connectivity index (χ1) is 12.1. The molecule has 3 heterocycles. The molecule has 0 aliphatic carbocycles. The molecule has 25 heavy (non-hydrogen) atoms. The van der Waals surface area contributed by atoms with Crippen LogP contribution in [0.15, 0.2) is 42.6 Å². The number of hydrogen-bond acceptors (Lipinski definition) is 3. The highest BCUT2D eigenvalue weighted by molar-refractivity contribution is 5.89. The summed E-state index contributed by atoms with van der Waals surface area (Å²) in [6.45, 7) is 3.44. The van der Waals surface area contributed by atoms with E-state index in [4.69, 9.17) is 4.98 Å². The van der Waals surface area contributed by atoms with Crippen LogP contribution in [-0.4, -0.2) is 38.6 Å². The third kappa shape index (κ3) is 2.95. The van der Waals surface area contributed by atoms with Crippen molar-refractivity contribution in [2.24, 2.45) is 7.05 Å². The lowest BCUT2D eigenvalue weighted by atomic mass is 10.1. The zero-order chi connectivity index (χ0) is 17.4. The predicted octanol–water partition coefficient (Wildman–Crippen LogP) is 3.30. The van der Waals surface area contributed by atoms with E-state index in [1.54, 1.807) is 6.20 Å². The monoisotopic (exact) mass is 335 g/mol. The molecular weight excluding hydrogens is 314 g/mol. The summed E-state index contributed by atoms with van der Waals surface area (Å²) in [5.74, 6) is 1.24. The quantitative estimate of drug-likeness (QED) is 0.781. The van der Waals surface area contributed by atoms with Gasteiger partial charge in [-0.05, 0) is 37.6 Å². The number of nitrogens with zero attached hydrogens (tertiary/aromatic N) is 4. The smallest absolute Gasteiger partial charge is 0.321 e. The average molecular weight is 335 g/mol. The van der Waals surface area contributed by atoms with Gasteiger partial charge in [-0.1, -0.05) is 17.7 Å². The maximum atomic E-state index is 12.5. The minimum Gasteiger partial charge on any atom is -0.324 e. The maximum Gasteiger partial charge on any atom is 0.321 e. The number of pyridine rings is 1. The molecule has 6 nitrogen and oxygen atoms in total. The van der Waals surface area contributed by atoms with Gasteiger partial charge in [0, 0.05) is 37.9 Å². The Kier molecular flexibility index (Phi) is 3.87. The standard InChI is InChI=1S/C19H21N5O/c1-13-5-7-15(8-6-13)21-19(25)24-11-9-14(12-24)17-22-16-4-3-10-20-18(16)23(17)2/h3-8,10,14H,9,11-12H2,1-2H3,(H,21,25)/t14-/m0/s1. The van der Waals surface area contributed by atoms with Crippen molar-refractivity contribution >= 4 is 22.9 Å². The first-order valence-corrected chi connectivity index (χ1v) is 8.52. The van der Waals surface area contributed by atoms with E-state index in [2.05, 4.69) is 10.3 Å². The number of carbonyl (C=O) groups excluding carboxylic acids is 1. The second kappa shape index (κ2) is 6.20. The predicted molar refractivity (Wildman–Crippen MR) is 97.6 cm³/mol. The van der Waals surface area contributed by atoms with Crippen molar-refractivity contribution in [3.8, 4) is 0 Å². The summed E-state index contributed by atoms with van der Waals surface area (Å²) in [5, 5.41) is 2.97. The highest BCUT2D eigenvalue weighted by Gasteiger charge is 2.30. The normalized spacial score (nSPS) is 17.2. The Labute approximate surface area is 146 Å². The zero-order valence-corrected chi connectivity index (χ0v) is 14.4. The van der Waals surface area contributed by atoms with Gasteiger partial charge in [-0.3, -0.25) is 0 Å². The van der Waals surface area contributed by atoms with Crippen molar-refractivity contribution in [3.63, 3.8) is 0 Å². The topological polar surface area (TPSA) is 63.1 Å². The van der Waals surface area contributed by atoms with E-state index >= 15 is 0 Å². The molecular formula is C19H21N5O. The fraction of sp³-hybridized carbons (Fsp3) is 0.316. The second-order valence-electron chi connectivity index (χ2n) is 6.60. The summed E-state index contributed by atoms with van der Waals surface area (Å²) in [5.41, 5.74) is 3.79. The van der Waals surface area contributed by atoms with Gasteiger partial charge < -0.3 is 14.8 Å². The first kappa shape index (κ1) is 15.6. The first-order valence-electron chi connectivity index (χ1n) is 8.52. The molecule has 1 fully saturated rings. The number of rotatable bonds is 2. The van der Waals surface area contributed by atoms with Crippen molar-refractivity contribution < 1.29 is 4.79 Å². The summed E-state index contributed by atoms with van der Waals surface area (Å²) >= 11 is 0. The minimum atomic E-state index is -0.0526. The molecule has 4 rings (SSSR count). The molecule has 0 radical (unpaired) electrons. The molecule has 128 valence electrons. The van der Waals surface area contributed by atoms with Crippen molar-refractivity contribution in [2.75, 3.05) is 18.4 Å². The Morgan fingerprint density at radius 3 is 2.80 bits per heavy atom. The van der Waals surface area contributed by atoms with Crippen LogP contribution in [0.2, 0.25) is 0 Å². The summed E-state index contributed by atoms with van der Waals surface area (Å²) in [6.07, 6.45) is 2.70. The molecule has 0 bridgehead atoms. The van der Waals surface area contributed by atoms with Crippen LogP contribution >= 0.6 is 0 Å². The zero-order valence-electron chi connectivity index (χ0n) is 14.4. The molecule has 1 aliphatic heterocycles. The highest BCUT2D eigenvalue weighted by atomic mass is 16.2. The molecule has 1 aliphatic rings. The number of nitrogens with one attached hydrogen (secondary N) is 1. The minimum absolute atomic E-state index is 0.0526. The van der Waals surface area contributed by atoms with E-state index in [0.717, 1.165) is 35.6 Å². The third-order valence-corrected chi connectivity index (χ3v) is 4.81. The molecule has 6 heteroatoms. The van der Waals surface area contributed by atoms with Crippen LogP contribution < -0.4 is 5.32 Å². The van der Waals surface area contributed by atoms with Crippen molar-refractivity contribution in [1.29, 1.82) is 0 Å². The van der Waals surface area contributed by atoms with Crippen LogP contribution in [0.3, 0.4) is 0 Å². The van der Waals surface area contributed by atoms with Crippen molar-refractivity contribution in [3.05, 3.63) is 54.0 Å². The molecule has 2 amide bonds. The molecule has 0 spiro atoms. The fourth-order valence-corrected chi connectivity index (χ4v) is 3.40. The van der Waals surface area contributed by atoms with E-state index in [1.165, 1.54) is 5.56 Å². The second-order valence-corrected chi connectivity index (χ2v) is 6.60. The van der Waals surface area contributed by atoms with E-state index in [9.17, 15) is 4.79 Å². The van der Waals surface area contributed by atoms with Crippen LogP contribution in [0.25, 0.3) is 11.2 Å². The Morgan fingerprint density at radius 2 is 2.04 bits per heavy atom. The van der Waals surface area contributed by atoms with Crippen LogP contribution in [0.4, 0.5) is 10.5 Å². The van der Waals surface area contributed by atoms with Crippen molar-refractivity contribution in [2.45, 2.75) is 19.3 Å². The van der Waals surface area contributed by atoms with E-state index in [0.29, 0.717) is 6.54 Å². The summed E-state index contributed by atoms with van der Waals surface area (Å²) in [4.78, 5) is 23.5. The Bertz CT molecular complexity index is 915. The van der Waals surface area contributed by atoms with E-state index < -0.39 is 0 Å². The van der Waals surface area contributed by atoms with Crippen LogP contribution in [0.1, 0.15) is 23.7 Å². The van der Waals surface area contributed by atoms with Crippen LogP contribution in [-0.2, 0) is 7.05 Å². The highest BCUT2D eigenvalue weighted by Crippen LogP contribution is 2.28. The van der Waals surface area contributed by atoms with Gasteiger partial charge in [0.15, 0.2) is 5.65 Å². The van der Waals surface area contributed by atoms with Gasteiger partial charge in [-0.2, -0.15) is 0 Å². The number of benzene rings is 1. The van der Waals surface area contributed by atoms with Crippen LogP contribution in [0.5, 0.6) is 0 Å². The summed E-state index contributed by atoms with van der Waals surface area (Å²) in [7, 11) is 1.99. The van der Waals surface area contributed by atoms with Gasteiger partial charge in [-0.25, -0.2) is 14.8 Å². The van der Waals surface area contributed by atoms with Gasteiger partial charge in [-0.15, -0.1) is 0 Å². The van der Waals surface area contributed by atoms with Gasteiger partial charge in [0.25, 0.3) is 0 Å².